The summed E-state index contributed by atoms with van der Waals surface area (Å²) in [6.45, 7) is 9.25. The monoisotopic (exact) mass is 232 g/mol. The third-order valence-electron chi connectivity index (χ3n) is 3.57. The van der Waals surface area contributed by atoms with E-state index in [1.807, 2.05) is 0 Å². The Morgan fingerprint density at radius 3 is 2.71 bits per heavy atom. The van der Waals surface area contributed by atoms with E-state index < -0.39 is 0 Å². The molecule has 94 valence electrons. The van der Waals surface area contributed by atoms with Crippen molar-refractivity contribution in [3.63, 3.8) is 0 Å². The first-order valence-corrected chi connectivity index (χ1v) is 6.68. The van der Waals surface area contributed by atoms with Gasteiger partial charge in [-0.3, -0.25) is 4.90 Å². The molecule has 0 saturated heterocycles. The highest BCUT2D eigenvalue weighted by Gasteiger charge is 2.16. The highest BCUT2D eigenvalue weighted by atomic mass is 15.2. The van der Waals surface area contributed by atoms with Gasteiger partial charge in [-0.1, -0.05) is 32.0 Å². The molecular weight excluding hydrogens is 208 g/mol. The molecule has 0 saturated carbocycles. The van der Waals surface area contributed by atoms with Gasteiger partial charge >= 0.3 is 0 Å². The van der Waals surface area contributed by atoms with Crippen LogP contribution in [0, 0.1) is 5.92 Å². The van der Waals surface area contributed by atoms with Gasteiger partial charge in [0, 0.05) is 32.4 Å². The van der Waals surface area contributed by atoms with Crippen molar-refractivity contribution in [3.05, 3.63) is 29.8 Å². The molecule has 0 amide bonds. The predicted octanol–water partition coefficient (Wildman–Crippen LogP) is 2.98. The molecular formula is C15H24N2. The number of benzene rings is 1. The summed E-state index contributed by atoms with van der Waals surface area (Å²) in [5.74, 6) is 0.797. The van der Waals surface area contributed by atoms with Crippen molar-refractivity contribution in [1.29, 1.82) is 0 Å². The third kappa shape index (κ3) is 3.22. The van der Waals surface area contributed by atoms with Gasteiger partial charge in [0.15, 0.2) is 0 Å². The second-order valence-electron chi connectivity index (χ2n) is 5.51. The summed E-state index contributed by atoms with van der Waals surface area (Å²) < 4.78 is 0. The zero-order chi connectivity index (χ0) is 12.3. The van der Waals surface area contributed by atoms with E-state index in [9.17, 15) is 0 Å². The zero-order valence-electron chi connectivity index (χ0n) is 11.3. The molecule has 0 aromatic heterocycles. The van der Waals surface area contributed by atoms with Crippen LogP contribution < -0.4 is 4.90 Å². The van der Waals surface area contributed by atoms with Crippen LogP contribution in [0.2, 0.25) is 0 Å². The molecule has 2 nitrogen and oxygen atoms in total. The van der Waals surface area contributed by atoms with Gasteiger partial charge in [0.05, 0.1) is 0 Å². The smallest absolute Gasteiger partial charge is 0.0409 e. The molecule has 2 rings (SSSR count). The Kier molecular flexibility index (Phi) is 4.06. The van der Waals surface area contributed by atoms with Crippen molar-refractivity contribution >= 4 is 5.69 Å². The molecule has 0 radical (unpaired) electrons. The molecule has 1 aliphatic heterocycles. The molecule has 0 atom stereocenters. The lowest BCUT2D eigenvalue weighted by molar-refractivity contribution is 0.260. The number of fused-ring (bicyclic) bond motifs is 1. The maximum Gasteiger partial charge on any atom is 0.0409 e. The van der Waals surface area contributed by atoms with Gasteiger partial charge in [-0.05, 0) is 30.5 Å². The molecule has 17 heavy (non-hydrogen) atoms. The Hall–Kier alpha value is -1.02. The lowest BCUT2D eigenvalue weighted by Gasteiger charge is -2.21. The molecule has 1 aromatic carbocycles. The van der Waals surface area contributed by atoms with E-state index >= 15 is 0 Å². The number of para-hydroxylation sites is 1. The number of hydrogen-bond acceptors (Lipinski definition) is 2. The molecule has 0 spiro atoms. The molecule has 0 unspecified atom stereocenters. The maximum atomic E-state index is 2.59. The molecule has 0 fully saturated rings. The fourth-order valence-electron chi connectivity index (χ4n) is 2.38. The number of rotatable bonds is 3. The Bertz CT molecular complexity index is 358. The quantitative estimate of drug-likeness (QED) is 0.790. The van der Waals surface area contributed by atoms with Gasteiger partial charge in [-0.2, -0.15) is 0 Å². The molecule has 0 bridgehead atoms. The second kappa shape index (κ2) is 5.54. The van der Waals surface area contributed by atoms with Crippen molar-refractivity contribution in [1.82, 2.24) is 4.90 Å². The normalized spacial score (nSPS) is 17.1. The topological polar surface area (TPSA) is 6.48 Å². The van der Waals surface area contributed by atoms with Crippen LogP contribution in [0.15, 0.2) is 24.3 Å². The van der Waals surface area contributed by atoms with Crippen LogP contribution in [-0.4, -0.2) is 31.6 Å². The van der Waals surface area contributed by atoms with Gasteiger partial charge in [-0.25, -0.2) is 0 Å². The van der Waals surface area contributed by atoms with Crippen LogP contribution in [0.1, 0.15) is 25.8 Å². The minimum atomic E-state index is 0.797. The van der Waals surface area contributed by atoms with Crippen LogP contribution >= 0.6 is 0 Å². The summed E-state index contributed by atoms with van der Waals surface area (Å²) in [5, 5.41) is 0. The summed E-state index contributed by atoms with van der Waals surface area (Å²) >= 11 is 0. The van der Waals surface area contributed by atoms with Crippen molar-refractivity contribution in [2.45, 2.75) is 26.8 Å². The van der Waals surface area contributed by atoms with Crippen molar-refractivity contribution < 1.29 is 0 Å². The molecule has 2 heteroatoms. The van der Waals surface area contributed by atoms with E-state index in [0.29, 0.717) is 0 Å². The van der Waals surface area contributed by atoms with E-state index in [1.165, 1.54) is 30.8 Å². The van der Waals surface area contributed by atoms with Crippen molar-refractivity contribution in [2.75, 3.05) is 31.6 Å². The molecule has 0 N–H and O–H groups in total. The fraction of sp³-hybridized carbons (Fsp3) is 0.600. The van der Waals surface area contributed by atoms with E-state index in [2.05, 4.69) is 55.0 Å². The summed E-state index contributed by atoms with van der Waals surface area (Å²) in [6.07, 6.45) is 1.30. The predicted molar refractivity (Wildman–Crippen MR) is 74.4 cm³/mol. The minimum absolute atomic E-state index is 0.797. The Morgan fingerprint density at radius 2 is 1.94 bits per heavy atom. The summed E-state index contributed by atoms with van der Waals surface area (Å²) in [5.41, 5.74) is 2.87. The first-order chi connectivity index (χ1) is 8.16. The largest absolute Gasteiger partial charge is 0.373 e. The standard InChI is InChI=1S/C15H24N2/c1-13(2)8-9-17-11-10-16(3)15-7-5-4-6-14(15)12-17/h4-7,13H,8-12H2,1-3H3. The van der Waals surface area contributed by atoms with Gasteiger partial charge < -0.3 is 4.90 Å². The molecule has 1 aliphatic rings. The van der Waals surface area contributed by atoms with Crippen LogP contribution in [0.25, 0.3) is 0 Å². The van der Waals surface area contributed by atoms with Crippen LogP contribution in [0.5, 0.6) is 0 Å². The van der Waals surface area contributed by atoms with E-state index in [-0.39, 0.29) is 0 Å². The fourth-order valence-corrected chi connectivity index (χ4v) is 2.38. The molecule has 0 aliphatic carbocycles. The number of anilines is 1. The summed E-state index contributed by atoms with van der Waals surface area (Å²) in [7, 11) is 2.20. The molecule has 1 heterocycles. The summed E-state index contributed by atoms with van der Waals surface area (Å²) in [4.78, 5) is 4.97. The average molecular weight is 232 g/mol. The Balaban J connectivity index is 2.07. The highest BCUT2D eigenvalue weighted by molar-refractivity contribution is 5.53. The third-order valence-corrected chi connectivity index (χ3v) is 3.57. The highest BCUT2D eigenvalue weighted by Crippen LogP contribution is 2.23. The first-order valence-electron chi connectivity index (χ1n) is 6.68. The van der Waals surface area contributed by atoms with Crippen molar-refractivity contribution in [2.24, 2.45) is 5.92 Å². The lowest BCUT2D eigenvalue weighted by Crippen LogP contribution is -2.30. The lowest BCUT2D eigenvalue weighted by atomic mass is 10.1. The summed E-state index contributed by atoms with van der Waals surface area (Å²) in [6, 6.07) is 8.79. The molecule has 1 aromatic rings. The van der Waals surface area contributed by atoms with Crippen LogP contribution in [0.4, 0.5) is 5.69 Å². The maximum absolute atomic E-state index is 2.59. The Labute approximate surface area is 105 Å². The number of nitrogens with zero attached hydrogens (tertiary/aromatic N) is 2. The van der Waals surface area contributed by atoms with Crippen molar-refractivity contribution in [3.8, 4) is 0 Å². The average Bonchev–Trinajstić information content (AvgIpc) is 2.47. The van der Waals surface area contributed by atoms with Crippen LogP contribution in [0.3, 0.4) is 0 Å². The van der Waals surface area contributed by atoms with E-state index in [4.69, 9.17) is 0 Å². The van der Waals surface area contributed by atoms with E-state index in [1.54, 1.807) is 0 Å². The van der Waals surface area contributed by atoms with Crippen LogP contribution in [-0.2, 0) is 6.54 Å². The SMILES string of the molecule is CC(C)CCN1CCN(C)c2ccccc2C1. The van der Waals surface area contributed by atoms with E-state index in [0.717, 1.165) is 19.0 Å². The minimum Gasteiger partial charge on any atom is -0.373 e. The first kappa shape index (κ1) is 12.4. The van der Waals surface area contributed by atoms with Gasteiger partial charge in [0.1, 0.15) is 0 Å². The van der Waals surface area contributed by atoms with Gasteiger partial charge in [0.2, 0.25) is 0 Å². The number of hydrogen-bond donors (Lipinski definition) is 0. The Morgan fingerprint density at radius 1 is 1.18 bits per heavy atom. The zero-order valence-corrected chi connectivity index (χ0v) is 11.3. The van der Waals surface area contributed by atoms with Gasteiger partial charge in [-0.15, -0.1) is 0 Å². The second-order valence-corrected chi connectivity index (χ2v) is 5.51. The number of likely N-dealkylation sites (N-methyl/N-ethyl adjacent to an activating group) is 1. The van der Waals surface area contributed by atoms with Gasteiger partial charge in [0.25, 0.3) is 0 Å².